The van der Waals surface area contributed by atoms with Crippen molar-refractivity contribution in [2.24, 2.45) is 66.8 Å². The molecule has 89 heavy (non-hydrogen) atoms. The topological polar surface area (TPSA) is 626 Å². The predicted octanol–water partition coefficient (Wildman–Crippen LogP) is -7.82. The number of hydrogen-bond donors (Lipinski definition) is 21. The second-order valence-corrected chi connectivity index (χ2v) is 20.8. The number of aliphatic hydroxyl groups excluding tert-OH is 1. The van der Waals surface area contributed by atoms with E-state index in [1.165, 1.54) is 19.4 Å². The lowest BCUT2D eigenvalue weighted by molar-refractivity contribution is -0.142. The summed E-state index contributed by atoms with van der Waals surface area (Å²) in [5, 5.41) is 43.1. The first-order valence-electron chi connectivity index (χ1n) is 28.4. The number of hydrogen-bond acceptors (Lipinski definition) is 17. The second-order valence-electron chi connectivity index (χ2n) is 20.8. The van der Waals surface area contributed by atoms with Crippen molar-refractivity contribution in [3.8, 4) is 0 Å². The van der Waals surface area contributed by atoms with Crippen LogP contribution in [0.1, 0.15) is 83.4 Å². The molecule has 0 bridgehead atoms. The summed E-state index contributed by atoms with van der Waals surface area (Å²) >= 11 is 0. The number of aliphatic hydroxyl groups is 1. The number of aliphatic carboxylic acids is 1. The van der Waals surface area contributed by atoms with Crippen LogP contribution < -0.4 is 93.7 Å². The van der Waals surface area contributed by atoms with Gasteiger partial charge in [-0.1, -0.05) is 38.5 Å². The number of para-hydroxylation sites is 1. The minimum absolute atomic E-state index is 0.00575. The monoisotopic (exact) mass is 1250 g/mol. The van der Waals surface area contributed by atoms with Gasteiger partial charge in [0.25, 0.3) is 0 Å². The van der Waals surface area contributed by atoms with Gasteiger partial charge in [0.1, 0.15) is 42.3 Å². The van der Waals surface area contributed by atoms with E-state index >= 15 is 0 Å². The average molecular weight is 1250 g/mol. The highest BCUT2D eigenvalue weighted by molar-refractivity contribution is 5.99. The smallest absolute Gasteiger partial charge is 0.326 e. The number of carbonyl (C=O) groups is 11. The van der Waals surface area contributed by atoms with Crippen molar-refractivity contribution in [3.63, 3.8) is 0 Å². The minimum Gasteiger partial charge on any atom is -0.480 e. The van der Waals surface area contributed by atoms with Crippen molar-refractivity contribution in [2.75, 3.05) is 32.7 Å². The molecule has 0 spiro atoms. The van der Waals surface area contributed by atoms with E-state index in [9.17, 15) is 63.0 Å². The number of nitrogens with zero attached hydrogens (tertiary/aromatic N) is 4. The number of benzene rings is 1. The van der Waals surface area contributed by atoms with Crippen LogP contribution in [0.3, 0.4) is 0 Å². The first-order valence-corrected chi connectivity index (χ1v) is 28.4. The molecule has 10 atom stereocenters. The normalized spacial score (nSPS) is 14.3. The zero-order chi connectivity index (χ0) is 66.3. The Kier molecular flexibility index (Phi) is 30.8. The quantitative estimate of drug-likeness (QED) is 0.0143. The summed E-state index contributed by atoms with van der Waals surface area (Å²) in [6.07, 6.45) is 2.13. The molecule has 36 nitrogen and oxygen atoms in total. The molecule has 0 radical (unpaired) electrons. The molecule has 10 amide bonds. The Morgan fingerprint density at radius 2 is 1.07 bits per heavy atom. The first-order chi connectivity index (χ1) is 42.1. The Bertz CT molecular complexity index is 2980. The Balaban J connectivity index is 1.87. The number of nitrogens with one attached hydrogen (secondary N) is 11. The summed E-state index contributed by atoms with van der Waals surface area (Å²) < 4.78 is 0. The van der Waals surface area contributed by atoms with Gasteiger partial charge in [0.2, 0.25) is 59.1 Å². The van der Waals surface area contributed by atoms with E-state index < -0.39 is 145 Å². The van der Waals surface area contributed by atoms with E-state index in [-0.39, 0.29) is 88.9 Å². The minimum atomic E-state index is -1.75. The first kappa shape index (κ1) is 73.1. The number of guanidine groups is 3. The molecule has 3 rings (SSSR count). The Hall–Kier alpha value is -10.1. The van der Waals surface area contributed by atoms with Gasteiger partial charge >= 0.3 is 5.97 Å². The number of aromatic nitrogens is 3. The van der Waals surface area contributed by atoms with Crippen molar-refractivity contribution in [1.82, 2.24) is 62.8 Å². The Morgan fingerprint density at radius 3 is 1.60 bits per heavy atom. The van der Waals surface area contributed by atoms with Gasteiger partial charge in [0.05, 0.1) is 38.0 Å². The van der Waals surface area contributed by atoms with Gasteiger partial charge in [-0.15, -0.1) is 0 Å². The van der Waals surface area contributed by atoms with Gasteiger partial charge in [-0.3, -0.25) is 62.9 Å². The third-order valence-corrected chi connectivity index (χ3v) is 13.6. The highest BCUT2D eigenvalue weighted by Crippen LogP contribution is 2.20. The second kappa shape index (κ2) is 37.4. The molecule has 1 aromatic carbocycles. The molecule has 36 heteroatoms. The van der Waals surface area contributed by atoms with Crippen LogP contribution in [0.2, 0.25) is 0 Å². The van der Waals surface area contributed by atoms with Crippen molar-refractivity contribution in [2.45, 2.75) is 139 Å². The molecule has 490 valence electrons. The number of primary amides is 1. The number of H-pyrrole nitrogens is 2. The van der Waals surface area contributed by atoms with Gasteiger partial charge in [-0.05, 0) is 63.0 Å². The maximum Gasteiger partial charge on any atom is 0.326 e. The SMILES string of the molecule is CC[C@H](C)[C@H](NC(=O)[C@H](CC(N)=O)NC(=O)[C@@H](N)Cc1cnc[nH]1)C(=O)N[C@@H](CCCN=C(N)N)C(=O)NCC(=O)N[C@@H](CCCN=C(N)N)C(=O)N[C@@H](Cc1c[nH]c2ccccc12)C(=O)N[C@H](C(=O)NCC(=O)N[C@@H](CCCN=C(N)N)C(=O)O)[C@@H](C)O. The molecule has 2 heterocycles. The maximum atomic E-state index is 14.4. The summed E-state index contributed by atoms with van der Waals surface area (Å²) in [4.78, 5) is 169. The van der Waals surface area contributed by atoms with Gasteiger partial charge in [0.15, 0.2) is 17.9 Å². The van der Waals surface area contributed by atoms with Crippen LogP contribution in [-0.4, -0.2) is 195 Å². The summed E-state index contributed by atoms with van der Waals surface area (Å²) in [6, 6.07) is -4.77. The summed E-state index contributed by atoms with van der Waals surface area (Å²) in [5.74, 6) is -12.2. The van der Waals surface area contributed by atoms with E-state index in [0.29, 0.717) is 28.6 Å². The zero-order valence-electron chi connectivity index (χ0n) is 49.7. The molecule has 0 saturated carbocycles. The number of rotatable bonds is 40. The fraction of sp³-hybridized carbons (Fsp3) is 0.528. The zero-order valence-corrected chi connectivity index (χ0v) is 49.7. The van der Waals surface area contributed by atoms with E-state index in [1.54, 1.807) is 44.3 Å². The van der Waals surface area contributed by atoms with Crippen molar-refractivity contribution < 1.29 is 63.0 Å². The number of imidazole rings is 1. The highest BCUT2D eigenvalue weighted by atomic mass is 16.4. The number of carboxylic acids is 1. The van der Waals surface area contributed by atoms with Gasteiger partial charge in [-0.25, -0.2) is 9.78 Å². The molecular formula is C53H85N23O13. The number of nitrogens with two attached hydrogens (primary N) is 8. The maximum absolute atomic E-state index is 14.4. The van der Waals surface area contributed by atoms with Crippen molar-refractivity contribution >= 4 is 93.8 Å². The average Bonchev–Trinajstić information content (AvgIpc) is 2.05. The number of carboxylic acid groups (broad SMARTS) is 1. The molecule has 29 N–H and O–H groups in total. The Labute approximate surface area is 511 Å². The van der Waals surface area contributed by atoms with Crippen molar-refractivity contribution in [1.29, 1.82) is 0 Å². The van der Waals surface area contributed by atoms with Crippen LogP contribution in [0.4, 0.5) is 0 Å². The summed E-state index contributed by atoms with van der Waals surface area (Å²) in [6.45, 7) is 2.96. The van der Waals surface area contributed by atoms with E-state index in [4.69, 9.17) is 45.9 Å². The fourth-order valence-electron chi connectivity index (χ4n) is 8.66. The Morgan fingerprint density at radius 1 is 0.573 bits per heavy atom. The van der Waals surface area contributed by atoms with Crippen LogP contribution in [0.5, 0.6) is 0 Å². The lowest BCUT2D eigenvalue weighted by Gasteiger charge is -2.28. The standard InChI is InChI=1S/C53H85N23O13/c1-4-26(2)41(75-47(85)37(20-38(55)78)73-43(81)31(54)19-29-22-62-25-69-29)49(87)72-33(12-7-15-63-51(56)57)44(82)67-23-39(79)70-34(13-8-16-64-52(58)59)45(83)74-36(18-28-21-66-32-11-6-5-10-30(28)32)46(84)76-42(27(3)77)48(86)68-24-40(80)71-35(50(88)89)14-9-17-65-53(60)61/h5-6,10-11,21-22,25-27,31,33-37,41-42,66,77H,4,7-9,12-20,23-24,54H2,1-3H3,(H2,55,78)(H,62,69)(H,67,82)(H,68,86)(H,70,79)(H,71,80)(H,72,87)(H,73,81)(H,74,83)(H,75,85)(H,76,84)(H,88,89)(H4,56,57,63)(H4,58,59,64)(H4,60,61,65)/t26-,27+,31-,33-,34-,35-,36-,37-,41-,42-/m0/s1. The van der Waals surface area contributed by atoms with E-state index in [2.05, 4.69) is 77.8 Å². The third kappa shape index (κ3) is 26.6. The largest absolute Gasteiger partial charge is 0.480 e. The lowest BCUT2D eigenvalue weighted by atomic mass is 9.96. The van der Waals surface area contributed by atoms with Crippen LogP contribution in [0, 0.1) is 5.92 Å². The van der Waals surface area contributed by atoms with Gasteiger partial charge in [-0.2, -0.15) is 0 Å². The molecule has 0 saturated heterocycles. The predicted molar refractivity (Wildman–Crippen MR) is 324 cm³/mol. The lowest BCUT2D eigenvalue weighted by Crippen LogP contribution is -2.60. The number of carbonyl (C=O) groups excluding carboxylic acids is 10. The molecule has 0 aliphatic rings. The van der Waals surface area contributed by atoms with Gasteiger partial charge < -0.3 is 114 Å². The molecule has 2 aromatic heterocycles. The van der Waals surface area contributed by atoms with Crippen LogP contribution >= 0.6 is 0 Å². The van der Waals surface area contributed by atoms with Crippen molar-refractivity contribution in [3.05, 3.63) is 54.2 Å². The van der Waals surface area contributed by atoms with Crippen LogP contribution in [-0.2, 0) is 65.6 Å². The molecule has 0 aliphatic carbocycles. The van der Waals surface area contributed by atoms with E-state index in [0.717, 1.165) is 0 Å². The van der Waals surface area contributed by atoms with Gasteiger partial charge in [0, 0.05) is 61.5 Å². The fourth-order valence-corrected chi connectivity index (χ4v) is 8.66. The molecular weight excluding hydrogens is 1170 g/mol. The number of amides is 10. The number of aromatic amines is 2. The van der Waals surface area contributed by atoms with Crippen LogP contribution in [0.25, 0.3) is 10.9 Å². The highest BCUT2D eigenvalue weighted by Gasteiger charge is 2.36. The molecule has 0 fully saturated rings. The summed E-state index contributed by atoms with van der Waals surface area (Å²) in [7, 11) is 0. The molecule has 0 unspecified atom stereocenters. The van der Waals surface area contributed by atoms with E-state index in [1.807, 2.05) is 0 Å². The molecule has 0 aliphatic heterocycles. The third-order valence-electron chi connectivity index (χ3n) is 13.6. The van der Waals surface area contributed by atoms with Crippen LogP contribution in [0.15, 0.2) is 58.0 Å². The number of fused-ring (bicyclic) bond motifs is 1. The number of aliphatic imine (C=N–C) groups is 3. The summed E-state index contributed by atoms with van der Waals surface area (Å²) in [5.41, 5.74) is 45.8. The molecule has 3 aromatic rings.